The molecule has 2 aromatic carbocycles. The number of hydrogen-bond acceptors (Lipinski definition) is 5. The van der Waals surface area contributed by atoms with E-state index in [0.717, 1.165) is 11.3 Å². The molecule has 0 aliphatic carbocycles. The molecule has 1 aliphatic heterocycles. The van der Waals surface area contributed by atoms with Crippen LogP contribution in [0.3, 0.4) is 0 Å². The van der Waals surface area contributed by atoms with E-state index in [9.17, 15) is 12.8 Å². The normalized spacial score (nSPS) is 19.7. The Morgan fingerprint density at radius 2 is 2.00 bits per heavy atom. The van der Waals surface area contributed by atoms with Crippen LogP contribution in [0.2, 0.25) is 5.02 Å². The summed E-state index contributed by atoms with van der Waals surface area (Å²) in [5.74, 6) is -0.353. The molecule has 0 saturated carbocycles. The van der Waals surface area contributed by atoms with Gasteiger partial charge in [0.15, 0.2) is 0 Å². The minimum atomic E-state index is -3.74. The molecule has 1 heterocycles. The van der Waals surface area contributed by atoms with E-state index in [4.69, 9.17) is 16.3 Å². The van der Waals surface area contributed by atoms with Crippen molar-refractivity contribution in [2.45, 2.75) is 18.7 Å². The van der Waals surface area contributed by atoms with Gasteiger partial charge in [-0.2, -0.15) is 0 Å². The molecule has 1 saturated heterocycles. The first-order valence-electron chi connectivity index (χ1n) is 9.01. The van der Waals surface area contributed by atoms with E-state index in [-0.39, 0.29) is 29.1 Å². The molecule has 3 N–H and O–H groups in total. The summed E-state index contributed by atoms with van der Waals surface area (Å²) < 4.78 is 46.8. The van der Waals surface area contributed by atoms with Crippen LogP contribution in [0.4, 0.5) is 4.39 Å². The van der Waals surface area contributed by atoms with Crippen LogP contribution < -0.4 is 20.3 Å². The zero-order valence-electron chi connectivity index (χ0n) is 15.4. The van der Waals surface area contributed by atoms with Crippen LogP contribution in [0.5, 0.6) is 5.75 Å². The summed E-state index contributed by atoms with van der Waals surface area (Å²) >= 11 is 5.94. The largest absolute Gasteiger partial charge is 0.494 e. The second-order valence-electron chi connectivity index (χ2n) is 6.57. The minimum Gasteiger partial charge on any atom is -0.494 e. The van der Waals surface area contributed by atoms with Crippen LogP contribution in [0, 0.1) is 11.7 Å². The van der Waals surface area contributed by atoms with Gasteiger partial charge in [0, 0.05) is 29.6 Å². The van der Waals surface area contributed by atoms with Gasteiger partial charge < -0.3 is 4.74 Å². The number of nitrogens with one attached hydrogen (secondary N) is 3. The number of rotatable bonds is 8. The van der Waals surface area contributed by atoms with E-state index >= 15 is 0 Å². The molecule has 0 amide bonds. The summed E-state index contributed by atoms with van der Waals surface area (Å²) in [6.07, 6.45) is 0. The molecule has 1 aliphatic rings. The lowest BCUT2D eigenvalue weighted by Gasteiger charge is -2.20. The van der Waals surface area contributed by atoms with E-state index < -0.39 is 21.6 Å². The fourth-order valence-corrected chi connectivity index (χ4v) is 4.72. The van der Waals surface area contributed by atoms with E-state index in [1.807, 2.05) is 31.2 Å². The lowest BCUT2D eigenvalue weighted by molar-refractivity contribution is 0.340. The van der Waals surface area contributed by atoms with Crippen LogP contribution in [0.25, 0.3) is 0 Å². The van der Waals surface area contributed by atoms with Gasteiger partial charge in [0.2, 0.25) is 10.0 Å². The highest BCUT2D eigenvalue weighted by Crippen LogP contribution is 2.27. The summed E-state index contributed by atoms with van der Waals surface area (Å²) in [6, 6.07) is 11.7. The fourth-order valence-electron chi connectivity index (χ4n) is 3.16. The highest BCUT2D eigenvalue weighted by Gasteiger charge is 2.29. The minimum absolute atomic E-state index is 0.0104. The van der Waals surface area contributed by atoms with Gasteiger partial charge in [0.05, 0.1) is 18.4 Å². The van der Waals surface area contributed by atoms with Gasteiger partial charge in [-0.3, -0.25) is 5.43 Å². The SMILES string of the molecule is CCOc1ccc(C2NNCC2CNS(=O)(=O)Cc2c(F)cccc2Cl)cc1. The molecule has 0 spiro atoms. The summed E-state index contributed by atoms with van der Waals surface area (Å²) in [5.41, 5.74) is 7.24. The van der Waals surface area contributed by atoms with E-state index in [0.29, 0.717) is 13.2 Å². The lowest BCUT2D eigenvalue weighted by Crippen LogP contribution is -2.33. The van der Waals surface area contributed by atoms with Gasteiger partial charge in [-0.25, -0.2) is 23.0 Å². The van der Waals surface area contributed by atoms with Crippen LogP contribution in [-0.2, 0) is 15.8 Å². The summed E-state index contributed by atoms with van der Waals surface area (Å²) in [7, 11) is -3.74. The zero-order valence-corrected chi connectivity index (χ0v) is 17.0. The van der Waals surface area contributed by atoms with Crippen LogP contribution in [0.15, 0.2) is 42.5 Å². The topological polar surface area (TPSA) is 79.5 Å². The number of hydrazine groups is 1. The van der Waals surface area contributed by atoms with Gasteiger partial charge >= 0.3 is 0 Å². The van der Waals surface area contributed by atoms with Crippen molar-refractivity contribution < 1.29 is 17.5 Å². The van der Waals surface area contributed by atoms with Crippen molar-refractivity contribution in [2.24, 2.45) is 5.92 Å². The van der Waals surface area contributed by atoms with E-state index in [2.05, 4.69) is 15.6 Å². The third kappa shape index (κ3) is 5.21. The Labute approximate surface area is 169 Å². The first-order valence-corrected chi connectivity index (χ1v) is 11.0. The first kappa shape index (κ1) is 21.0. The van der Waals surface area contributed by atoms with Crippen molar-refractivity contribution in [2.75, 3.05) is 19.7 Å². The quantitative estimate of drug-likeness (QED) is 0.603. The van der Waals surface area contributed by atoms with Crippen molar-refractivity contribution in [1.82, 2.24) is 15.6 Å². The number of ether oxygens (including phenoxy) is 1. The molecule has 2 atom stereocenters. The van der Waals surface area contributed by atoms with Gasteiger partial charge in [-0.1, -0.05) is 29.8 Å². The Bertz CT molecular complexity index is 889. The predicted octanol–water partition coefficient (Wildman–Crippen LogP) is 2.76. The molecule has 0 aromatic heterocycles. The molecule has 2 aromatic rings. The Morgan fingerprint density at radius 1 is 1.25 bits per heavy atom. The Balaban J connectivity index is 1.64. The van der Waals surface area contributed by atoms with Crippen molar-refractivity contribution in [3.63, 3.8) is 0 Å². The van der Waals surface area contributed by atoms with Crippen LogP contribution in [-0.4, -0.2) is 28.1 Å². The Hall–Kier alpha value is -1.71. The summed E-state index contributed by atoms with van der Waals surface area (Å²) in [6.45, 7) is 3.33. The molecule has 0 radical (unpaired) electrons. The number of halogens is 2. The van der Waals surface area contributed by atoms with Gasteiger partial charge in [0.1, 0.15) is 11.6 Å². The van der Waals surface area contributed by atoms with Gasteiger partial charge in [-0.15, -0.1) is 0 Å². The van der Waals surface area contributed by atoms with Crippen LogP contribution in [0.1, 0.15) is 24.1 Å². The third-order valence-electron chi connectivity index (χ3n) is 4.60. The maximum Gasteiger partial charge on any atom is 0.215 e. The average molecular weight is 428 g/mol. The van der Waals surface area contributed by atoms with Crippen molar-refractivity contribution in [3.05, 3.63) is 64.4 Å². The monoisotopic (exact) mass is 427 g/mol. The van der Waals surface area contributed by atoms with Gasteiger partial charge in [-0.05, 0) is 36.8 Å². The molecule has 9 heteroatoms. The van der Waals surface area contributed by atoms with Crippen molar-refractivity contribution in [3.8, 4) is 5.75 Å². The summed E-state index contributed by atoms with van der Waals surface area (Å²) in [4.78, 5) is 0. The second-order valence-corrected chi connectivity index (χ2v) is 8.79. The maximum absolute atomic E-state index is 13.9. The Morgan fingerprint density at radius 3 is 2.68 bits per heavy atom. The second kappa shape index (κ2) is 9.19. The molecule has 1 fully saturated rings. The van der Waals surface area contributed by atoms with Crippen molar-refractivity contribution in [1.29, 1.82) is 0 Å². The first-order chi connectivity index (χ1) is 13.4. The highest BCUT2D eigenvalue weighted by atomic mass is 35.5. The molecule has 28 heavy (non-hydrogen) atoms. The predicted molar refractivity (Wildman–Crippen MR) is 107 cm³/mol. The number of benzene rings is 2. The highest BCUT2D eigenvalue weighted by molar-refractivity contribution is 7.88. The molecule has 3 rings (SSSR count). The fraction of sp³-hybridized carbons (Fsp3) is 0.368. The summed E-state index contributed by atoms with van der Waals surface area (Å²) in [5, 5.41) is 0.0989. The molecular weight excluding hydrogens is 405 g/mol. The molecule has 152 valence electrons. The lowest BCUT2D eigenvalue weighted by atomic mass is 9.95. The third-order valence-corrected chi connectivity index (χ3v) is 6.23. The Kier molecular flexibility index (Phi) is 6.90. The van der Waals surface area contributed by atoms with Gasteiger partial charge in [0.25, 0.3) is 0 Å². The molecule has 6 nitrogen and oxygen atoms in total. The van der Waals surface area contributed by atoms with E-state index in [1.54, 1.807) is 0 Å². The molecule has 2 unspecified atom stereocenters. The zero-order chi connectivity index (χ0) is 20.1. The maximum atomic E-state index is 13.9. The van der Waals surface area contributed by atoms with Crippen molar-refractivity contribution >= 4 is 21.6 Å². The average Bonchev–Trinajstić information content (AvgIpc) is 3.13. The molecule has 0 bridgehead atoms. The van der Waals surface area contributed by atoms with Crippen LogP contribution >= 0.6 is 11.6 Å². The standard InChI is InChI=1S/C19H23ClFN3O3S/c1-2-27-15-8-6-13(7-9-15)19-14(10-22-24-19)11-23-28(25,26)12-16-17(20)4-3-5-18(16)21/h3-9,14,19,22-24H,2,10-12H2,1H3. The number of hydrogen-bond donors (Lipinski definition) is 3. The van der Waals surface area contributed by atoms with E-state index in [1.165, 1.54) is 18.2 Å². The smallest absolute Gasteiger partial charge is 0.215 e. The molecular formula is C19H23ClFN3O3S. The number of sulfonamides is 1.